The van der Waals surface area contributed by atoms with Crippen LogP contribution in [0, 0.1) is 0 Å². The second-order valence-corrected chi connectivity index (χ2v) is 5.77. The van der Waals surface area contributed by atoms with Crippen molar-refractivity contribution in [1.29, 1.82) is 0 Å². The minimum Gasteiger partial charge on any atom is -0.461 e. The second kappa shape index (κ2) is 6.63. The third-order valence-electron chi connectivity index (χ3n) is 4.35. The zero-order valence-electron chi connectivity index (χ0n) is 13.0. The van der Waals surface area contributed by atoms with E-state index in [4.69, 9.17) is 9.15 Å². The maximum absolute atomic E-state index is 6.06. The van der Waals surface area contributed by atoms with Crippen molar-refractivity contribution in [3.05, 3.63) is 35.6 Å². The zero-order chi connectivity index (χ0) is 14.7. The second-order valence-electron chi connectivity index (χ2n) is 5.77. The molecule has 114 valence electrons. The molecule has 1 fully saturated rings. The number of hydrogen-bond donors (Lipinski definition) is 1. The highest BCUT2D eigenvalue weighted by molar-refractivity contribution is 5.82. The molecule has 1 aliphatic rings. The fourth-order valence-electron chi connectivity index (χ4n) is 3.40. The van der Waals surface area contributed by atoms with Gasteiger partial charge in [-0.25, -0.2) is 0 Å². The Hall–Kier alpha value is -1.32. The summed E-state index contributed by atoms with van der Waals surface area (Å²) < 4.78 is 11.9. The summed E-state index contributed by atoms with van der Waals surface area (Å²) in [7, 11) is 0. The van der Waals surface area contributed by atoms with E-state index in [2.05, 4.69) is 37.4 Å². The van der Waals surface area contributed by atoms with Crippen molar-refractivity contribution in [2.45, 2.75) is 51.7 Å². The Balaban J connectivity index is 1.96. The molecule has 2 atom stereocenters. The molecule has 0 saturated carbocycles. The van der Waals surface area contributed by atoms with Crippen molar-refractivity contribution in [1.82, 2.24) is 5.32 Å². The highest BCUT2D eigenvalue weighted by atomic mass is 16.5. The first-order chi connectivity index (χ1) is 10.3. The Labute approximate surface area is 126 Å². The van der Waals surface area contributed by atoms with Crippen molar-refractivity contribution in [2.24, 2.45) is 0 Å². The number of benzene rings is 1. The van der Waals surface area contributed by atoms with E-state index in [1.165, 1.54) is 23.8 Å². The van der Waals surface area contributed by atoms with Crippen LogP contribution < -0.4 is 5.32 Å². The van der Waals surface area contributed by atoms with Gasteiger partial charge in [0.2, 0.25) is 0 Å². The Morgan fingerprint density at radius 3 is 2.86 bits per heavy atom. The van der Waals surface area contributed by atoms with Crippen LogP contribution in [-0.4, -0.2) is 19.3 Å². The van der Waals surface area contributed by atoms with E-state index >= 15 is 0 Å². The van der Waals surface area contributed by atoms with Gasteiger partial charge in [0.1, 0.15) is 11.3 Å². The van der Waals surface area contributed by atoms with E-state index in [1.54, 1.807) is 0 Å². The molecule has 2 aromatic rings. The van der Waals surface area contributed by atoms with Crippen molar-refractivity contribution in [3.63, 3.8) is 0 Å². The maximum atomic E-state index is 6.06. The third-order valence-corrected chi connectivity index (χ3v) is 4.35. The molecule has 1 aliphatic heterocycles. The van der Waals surface area contributed by atoms with E-state index in [9.17, 15) is 0 Å². The van der Waals surface area contributed by atoms with Crippen molar-refractivity contribution in [3.8, 4) is 0 Å². The number of aryl methyl sites for hydroxylation is 1. The summed E-state index contributed by atoms with van der Waals surface area (Å²) in [4.78, 5) is 0. The summed E-state index contributed by atoms with van der Waals surface area (Å²) in [5.74, 6) is 1.11. The van der Waals surface area contributed by atoms with Crippen LogP contribution in [-0.2, 0) is 11.2 Å². The molecule has 0 spiro atoms. The molecule has 0 aliphatic carbocycles. The van der Waals surface area contributed by atoms with Crippen molar-refractivity contribution >= 4 is 11.0 Å². The van der Waals surface area contributed by atoms with Crippen LogP contribution in [0.2, 0.25) is 0 Å². The Kier molecular flexibility index (Phi) is 4.61. The SMILES string of the molecule is CCNC(CC1CCCO1)c1c(CC)oc2ccccc12. The molecule has 3 rings (SSSR count). The number of para-hydroxylation sites is 1. The summed E-state index contributed by atoms with van der Waals surface area (Å²) in [6.45, 7) is 6.20. The molecule has 3 heteroatoms. The van der Waals surface area contributed by atoms with Gasteiger partial charge in [-0.05, 0) is 31.9 Å². The van der Waals surface area contributed by atoms with Crippen LogP contribution in [0.3, 0.4) is 0 Å². The first-order valence-corrected chi connectivity index (χ1v) is 8.18. The number of rotatable bonds is 6. The molecule has 2 heterocycles. The summed E-state index contributed by atoms with van der Waals surface area (Å²) in [6, 6.07) is 8.68. The number of fused-ring (bicyclic) bond motifs is 1. The molecule has 3 nitrogen and oxygen atoms in total. The van der Waals surface area contributed by atoms with Crippen LogP contribution in [0.25, 0.3) is 11.0 Å². The summed E-state index contributed by atoms with van der Waals surface area (Å²) in [5, 5.41) is 4.89. The lowest BCUT2D eigenvalue weighted by atomic mass is 9.95. The monoisotopic (exact) mass is 287 g/mol. The lowest BCUT2D eigenvalue weighted by molar-refractivity contribution is 0.0947. The van der Waals surface area contributed by atoms with E-state index < -0.39 is 0 Å². The molecular formula is C18H25NO2. The fourth-order valence-corrected chi connectivity index (χ4v) is 3.40. The Morgan fingerprint density at radius 1 is 1.29 bits per heavy atom. The average Bonchev–Trinajstić information content (AvgIpc) is 3.13. The molecule has 21 heavy (non-hydrogen) atoms. The quantitative estimate of drug-likeness (QED) is 0.864. The van der Waals surface area contributed by atoms with Crippen LogP contribution in [0.5, 0.6) is 0 Å². The van der Waals surface area contributed by atoms with Crippen LogP contribution in [0.4, 0.5) is 0 Å². The Morgan fingerprint density at radius 2 is 2.14 bits per heavy atom. The number of ether oxygens (including phenoxy) is 1. The molecule has 1 aromatic heterocycles. The van der Waals surface area contributed by atoms with Crippen molar-refractivity contribution < 1.29 is 9.15 Å². The highest BCUT2D eigenvalue weighted by Crippen LogP contribution is 2.35. The van der Waals surface area contributed by atoms with E-state index in [1.807, 2.05) is 6.07 Å². The maximum Gasteiger partial charge on any atom is 0.134 e. The zero-order valence-corrected chi connectivity index (χ0v) is 13.0. The number of furan rings is 1. The Bertz CT molecular complexity index is 584. The molecule has 0 radical (unpaired) electrons. The van der Waals surface area contributed by atoms with Gasteiger partial charge in [-0.2, -0.15) is 0 Å². The van der Waals surface area contributed by atoms with E-state index in [0.717, 1.165) is 37.3 Å². The topological polar surface area (TPSA) is 34.4 Å². The lowest BCUT2D eigenvalue weighted by Gasteiger charge is -2.21. The molecule has 1 saturated heterocycles. The smallest absolute Gasteiger partial charge is 0.134 e. The molecule has 1 aromatic carbocycles. The minimum absolute atomic E-state index is 0.316. The molecule has 1 N–H and O–H groups in total. The highest BCUT2D eigenvalue weighted by Gasteiger charge is 2.26. The van der Waals surface area contributed by atoms with Gasteiger partial charge in [0.05, 0.1) is 6.10 Å². The van der Waals surface area contributed by atoms with E-state index in [0.29, 0.717) is 12.1 Å². The van der Waals surface area contributed by atoms with E-state index in [-0.39, 0.29) is 0 Å². The van der Waals surface area contributed by atoms with Crippen LogP contribution >= 0.6 is 0 Å². The van der Waals surface area contributed by atoms with Crippen LogP contribution in [0.1, 0.15) is 50.5 Å². The molecular weight excluding hydrogens is 262 g/mol. The summed E-state index contributed by atoms with van der Waals surface area (Å²) in [5.41, 5.74) is 2.34. The predicted octanol–water partition coefficient (Wildman–Crippen LogP) is 4.21. The molecule has 0 bridgehead atoms. The van der Waals surface area contributed by atoms with Gasteiger partial charge in [-0.15, -0.1) is 0 Å². The van der Waals surface area contributed by atoms with Crippen LogP contribution in [0.15, 0.2) is 28.7 Å². The standard InChI is InChI=1S/C18H25NO2/c1-3-16-18(14-9-5-6-10-17(14)21-16)15(19-4-2)12-13-8-7-11-20-13/h5-6,9-10,13,15,19H,3-4,7-8,11-12H2,1-2H3. The van der Waals surface area contributed by atoms with Crippen molar-refractivity contribution in [2.75, 3.05) is 13.2 Å². The first kappa shape index (κ1) is 14.6. The largest absolute Gasteiger partial charge is 0.461 e. The normalized spacial score (nSPS) is 20.2. The van der Waals surface area contributed by atoms with Gasteiger partial charge < -0.3 is 14.5 Å². The first-order valence-electron chi connectivity index (χ1n) is 8.18. The molecule has 0 amide bonds. The van der Waals surface area contributed by atoms with Gasteiger partial charge in [0.25, 0.3) is 0 Å². The van der Waals surface area contributed by atoms with Gasteiger partial charge in [0, 0.05) is 30.0 Å². The summed E-state index contributed by atoms with van der Waals surface area (Å²) >= 11 is 0. The van der Waals surface area contributed by atoms with Gasteiger partial charge in [-0.3, -0.25) is 0 Å². The average molecular weight is 287 g/mol. The minimum atomic E-state index is 0.316. The van der Waals surface area contributed by atoms with Gasteiger partial charge >= 0.3 is 0 Å². The number of hydrogen-bond acceptors (Lipinski definition) is 3. The predicted molar refractivity (Wildman–Crippen MR) is 85.6 cm³/mol. The fraction of sp³-hybridized carbons (Fsp3) is 0.556. The third kappa shape index (κ3) is 2.99. The van der Waals surface area contributed by atoms with Gasteiger partial charge in [0.15, 0.2) is 0 Å². The number of nitrogens with one attached hydrogen (secondary N) is 1. The summed E-state index contributed by atoms with van der Waals surface area (Å²) in [6.07, 6.45) is 4.71. The lowest BCUT2D eigenvalue weighted by Crippen LogP contribution is -2.25. The van der Waals surface area contributed by atoms with Gasteiger partial charge in [-0.1, -0.05) is 32.0 Å². The molecule has 2 unspecified atom stereocenters.